The molecule has 0 saturated heterocycles. The minimum atomic E-state index is -0.120. The maximum absolute atomic E-state index is 8.88. The third-order valence-corrected chi connectivity index (χ3v) is 2.68. The van der Waals surface area contributed by atoms with Gasteiger partial charge < -0.3 is 5.21 Å². The second-order valence-electron chi connectivity index (χ2n) is 2.86. The molecule has 0 bridgehead atoms. The van der Waals surface area contributed by atoms with Crippen LogP contribution in [0.1, 0.15) is 5.56 Å². The molecule has 2 nitrogen and oxygen atoms in total. The van der Waals surface area contributed by atoms with Gasteiger partial charge in [0.1, 0.15) is 0 Å². The van der Waals surface area contributed by atoms with Crippen molar-refractivity contribution >= 4 is 28.9 Å². The highest BCUT2D eigenvalue weighted by Gasteiger charge is 2.16. The summed E-state index contributed by atoms with van der Waals surface area (Å²) in [7, 11) is 0. The molecule has 1 rings (SSSR count). The Labute approximate surface area is 93.1 Å². The van der Waals surface area contributed by atoms with E-state index in [1.807, 2.05) is 30.3 Å². The summed E-state index contributed by atoms with van der Waals surface area (Å²) in [6.07, 6.45) is 0. The standard InChI is InChI=1S/C10H11Cl2NO/c11-6-9(7-12)10(13-14)8-4-2-1-3-5-8/h1-5,9,14H,6-7H2. The maximum atomic E-state index is 8.88. The highest BCUT2D eigenvalue weighted by atomic mass is 35.5. The first-order valence-corrected chi connectivity index (χ1v) is 5.29. The largest absolute Gasteiger partial charge is 0.411 e. The molecule has 1 N–H and O–H groups in total. The molecule has 14 heavy (non-hydrogen) atoms. The Morgan fingerprint density at radius 1 is 1.21 bits per heavy atom. The van der Waals surface area contributed by atoms with Crippen LogP contribution >= 0.6 is 23.2 Å². The average molecular weight is 232 g/mol. The van der Waals surface area contributed by atoms with Crippen molar-refractivity contribution < 1.29 is 5.21 Å². The lowest BCUT2D eigenvalue weighted by Crippen LogP contribution is -2.19. The van der Waals surface area contributed by atoms with E-state index in [0.29, 0.717) is 17.5 Å². The Bertz CT molecular complexity index is 296. The van der Waals surface area contributed by atoms with Crippen molar-refractivity contribution in [3.05, 3.63) is 35.9 Å². The number of hydrogen-bond acceptors (Lipinski definition) is 2. The number of oxime groups is 1. The van der Waals surface area contributed by atoms with Gasteiger partial charge in [-0.2, -0.15) is 0 Å². The first-order valence-electron chi connectivity index (χ1n) is 4.22. The van der Waals surface area contributed by atoms with Crippen LogP contribution in [0.15, 0.2) is 35.5 Å². The molecule has 0 saturated carbocycles. The Balaban J connectivity index is 2.94. The van der Waals surface area contributed by atoms with Gasteiger partial charge in [-0.25, -0.2) is 0 Å². The highest BCUT2D eigenvalue weighted by Crippen LogP contribution is 2.13. The van der Waals surface area contributed by atoms with E-state index in [0.717, 1.165) is 5.56 Å². The van der Waals surface area contributed by atoms with E-state index in [1.165, 1.54) is 0 Å². The molecule has 0 aliphatic rings. The Kier molecular flexibility index (Phi) is 4.77. The zero-order valence-electron chi connectivity index (χ0n) is 7.53. The van der Waals surface area contributed by atoms with Crippen LogP contribution in [0.5, 0.6) is 0 Å². The van der Waals surface area contributed by atoms with Crippen LogP contribution in [0.2, 0.25) is 0 Å². The fraction of sp³-hybridized carbons (Fsp3) is 0.300. The van der Waals surface area contributed by atoms with Gasteiger partial charge in [-0.1, -0.05) is 35.5 Å². The van der Waals surface area contributed by atoms with Crippen LogP contribution in [-0.4, -0.2) is 22.7 Å². The lowest BCUT2D eigenvalue weighted by Gasteiger charge is -2.11. The summed E-state index contributed by atoms with van der Waals surface area (Å²) in [5.74, 6) is 0.570. The highest BCUT2D eigenvalue weighted by molar-refractivity contribution is 6.24. The lowest BCUT2D eigenvalue weighted by atomic mass is 10.00. The van der Waals surface area contributed by atoms with Crippen molar-refractivity contribution in [2.24, 2.45) is 11.1 Å². The van der Waals surface area contributed by atoms with Crippen LogP contribution in [0.3, 0.4) is 0 Å². The minimum absolute atomic E-state index is 0.120. The molecule has 76 valence electrons. The molecule has 0 radical (unpaired) electrons. The number of halogens is 2. The molecular weight excluding hydrogens is 221 g/mol. The van der Waals surface area contributed by atoms with E-state index in [9.17, 15) is 0 Å². The van der Waals surface area contributed by atoms with Crippen LogP contribution < -0.4 is 0 Å². The molecule has 0 aliphatic heterocycles. The van der Waals surface area contributed by atoms with Crippen molar-refractivity contribution in [1.29, 1.82) is 0 Å². The van der Waals surface area contributed by atoms with E-state index in [2.05, 4.69) is 5.16 Å². The van der Waals surface area contributed by atoms with Crippen LogP contribution in [0.4, 0.5) is 0 Å². The summed E-state index contributed by atoms with van der Waals surface area (Å²) < 4.78 is 0. The Hall–Kier alpha value is -0.730. The van der Waals surface area contributed by atoms with Crippen molar-refractivity contribution in [2.45, 2.75) is 0 Å². The molecule has 0 amide bonds. The van der Waals surface area contributed by atoms with Gasteiger partial charge in [0, 0.05) is 17.7 Å². The van der Waals surface area contributed by atoms with Gasteiger partial charge in [0.2, 0.25) is 0 Å². The van der Waals surface area contributed by atoms with Gasteiger partial charge in [0.15, 0.2) is 0 Å². The molecular formula is C10H11Cl2NO. The second kappa shape index (κ2) is 5.89. The SMILES string of the molecule is ON=C(c1ccccc1)C(CCl)CCl. The van der Waals surface area contributed by atoms with Crippen LogP contribution in [-0.2, 0) is 0 Å². The lowest BCUT2D eigenvalue weighted by molar-refractivity contribution is 0.316. The summed E-state index contributed by atoms with van der Waals surface area (Å²) in [4.78, 5) is 0. The molecule has 0 atom stereocenters. The third-order valence-electron chi connectivity index (χ3n) is 1.94. The zero-order chi connectivity index (χ0) is 10.4. The van der Waals surface area contributed by atoms with E-state index < -0.39 is 0 Å². The van der Waals surface area contributed by atoms with E-state index >= 15 is 0 Å². The number of nitrogens with zero attached hydrogens (tertiary/aromatic N) is 1. The molecule has 0 spiro atoms. The molecule has 1 aromatic rings. The monoisotopic (exact) mass is 231 g/mol. The van der Waals surface area contributed by atoms with E-state index in [-0.39, 0.29) is 5.92 Å². The number of benzene rings is 1. The quantitative estimate of drug-likeness (QED) is 0.368. The van der Waals surface area contributed by atoms with Gasteiger partial charge >= 0.3 is 0 Å². The minimum Gasteiger partial charge on any atom is -0.411 e. The molecule has 0 aromatic heterocycles. The fourth-order valence-corrected chi connectivity index (χ4v) is 1.79. The predicted molar refractivity (Wildman–Crippen MR) is 59.7 cm³/mol. The third kappa shape index (κ3) is 2.63. The fourth-order valence-electron chi connectivity index (χ4n) is 1.17. The van der Waals surface area contributed by atoms with Crippen LogP contribution in [0, 0.1) is 5.92 Å². The molecule has 1 aromatic carbocycles. The molecule has 4 heteroatoms. The van der Waals surface area contributed by atoms with Gasteiger partial charge in [-0.15, -0.1) is 23.2 Å². The summed E-state index contributed by atoms with van der Waals surface area (Å²) in [6, 6.07) is 9.37. The number of hydrogen-bond donors (Lipinski definition) is 1. The maximum Gasteiger partial charge on any atom is 0.0922 e. The molecule has 0 fully saturated rings. The Morgan fingerprint density at radius 2 is 1.79 bits per heavy atom. The molecule has 0 heterocycles. The van der Waals surface area contributed by atoms with Crippen LogP contribution in [0.25, 0.3) is 0 Å². The average Bonchev–Trinajstić information content (AvgIpc) is 2.27. The number of rotatable bonds is 4. The first-order chi connectivity index (χ1) is 6.83. The Morgan fingerprint density at radius 3 is 2.21 bits per heavy atom. The van der Waals surface area contributed by atoms with Crippen molar-refractivity contribution in [2.75, 3.05) is 11.8 Å². The molecule has 0 aliphatic carbocycles. The summed E-state index contributed by atoms with van der Waals surface area (Å²) >= 11 is 11.4. The zero-order valence-corrected chi connectivity index (χ0v) is 9.04. The summed E-state index contributed by atoms with van der Waals surface area (Å²) in [5, 5.41) is 12.1. The van der Waals surface area contributed by atoms with E-state index in [4.69, 9.17) is 28.4 Å². The normalized spacial score (nSPS) is 12.1. The smallest absolute Gasteiger partial charge is 0.0922 e. The topological polar surface area (TPSA) is 32.6 Å². The summed E-state index contributed by atoms with van der Waals surface area (Å²) in [5.41, 5.74) is 1.39. The molecule has 0 unspecified atom stereocenters. The second-order valence-corrected chi connectivity index (χ2v) is 3.47. The first kappa shape index (κ1) is 11.3. The van der Waals surface area contributed by atoms with Gasteiger partial charge in [-0.05, 0) is 5.56 Å². The van der Waals surface area contributed by atoms with Crippen molar-refractivity contribution in [3.63, 3.8) is 0 Å². The van der Waals surface area contributed by atoms with Crippen molar-refractivity contribution in [1.82, 2.24) is 0 Å². The summed E-state index contributed by atoms with van der Waals surface area (Å²) in [6.45, 7) is 0. The van der Waals surface area contributed by atoms with Gasteiger partial charge in [0.05, 0.1) is 5.71 Å². The van der Waals surface area contributed by atoms with Crippen molar-refractivity contribution in [3.8, 4) is 0 Å². The van der Waals surface area contributed by atoms with Gasteiger partial charge in [-0.3, -0.25) is 0 Å². The number of alkyl halides is 2. The predicted octanol–water partition coefficient (Wildman–Crippen LogP) is 2.96. The van der Waals surface area contributed by atoms with E-state index in [1.54, 1.807) is 0 Å². The van der Waals surface area contributed by atoms with Gasteiger partial charge in [0.25, 0.3) is 0 Å².